The van der Waals surface area contributed by atoms with Gasteiger partial charge in [0.1, 0.15) is 17.2 Å². The number of anilines is 1. The van der Waals surface area contributed by atoms with Crippen molar-refractivity contribution in [1.82, 2.24) is 15.3 Å². The lowest BCUT2D eigenvalue weighted by Gasteiger charge is -2.39. The first-order chi connectivity index (χ1) is 19.9. The van der Waals surface area contributed by atoms with Crippen LogP contribution in [0.15, 0.2) is 37.1 Å². The predicted molar refractivity (Wildman–Crippen MR) is 163 cm³/mol. The zero-order valence-corrected chi connectivity index (χ0v) is 25.1. The highest BCUT2D eigenvalue weighted by molar-refractivity contribution is 6.41. The first kappa shape index (κ1) is 29.3. The summed E-state index contributed by atoms with van der Waals surface area (Å²) in [5.41, 5.74) is 1.88. The molecule has 0 radical (unpaired) electrons. The fourth-order valence-electron chi connectivity index (χ4n) is 6.42. The normalized spacial score (nSPS) is 21.0. The van der Waals surface area contributed by atoms with Gasteiger partial charge in [-0.15, -0.1) is 0 Å². The van der Waals surface area contributed by atoms with Crippen LogP contribution in [0.5, 0.6) is 17.2 Å². The Bertz CT molecular complexity index is 1420. The van der Waals surface area contributed by atoms with Gasteiger partial charge in [-0.05, 0) is 43.2 Å². The summed E-state index contributed by atoms with van der Waals surface area (Å²) < 4.78 is 16.7. The Morgan fingerprint density at radius 3 is 2.24 bits per heavy atom. The fourth-order valence-corrected chi connectivity index (χ4v) is 7.12. The van der Waals surface area contributed by atoms with Crippen LogP contribution >= 0.6 is 23.2 Å². The summed E-state index contributed by atoms with van der Waals surface area (Å²) in [6.07, 6.45) is 11.3. The summed E-state index contributed by atoms with van der Waals surface area (Å²) >= 11 is 13.4. The van der Waals surface area contributed by atoms with Gasteiger partial charge in [0.25, 0.3) is 0 Å². The Hall–Kier alpha value is -3.23. The number of nitrogens with one attached hydrogen (secondary N) is 2. The molecular weight excluding hydrogens is 563 g/mol. The molecule has 2 aliphatic rings. The number of ether oxygens (including phenoxy) is 3. The third-order valence-electron chi connectivity index (χ3n) is 8.53. The van der Waals surface area contributed by atoms with Crippen LogP contribution in [-0.2, 0) is 4.79 Å². The van der Waals surface area contributed by atoms with Crippen molar-refractivity contribution < 1.29 is 19.0 Å². The first-order valence-electron chi connectivity index (χ1n) is 14.0. The molecule has 2 aromatic carbocycles. The Morgan fingerprint density at radius 2 is 1.61 bits per heavy atom. The summed E-state index contributed by atoms with van der Waals surface area (Å²) in [6, 6.07) is 5.36. The number of fused-ring (bicyclic) bond motifs is 1. The summed E-state index contributed by atoms with van der Waals surface area (Å²) in [7, 11) is 4.65. The van der Waals surface area contributed by atoms with Crippen molar-refractivity contribution in [2.75, 3.05) is 26.6 Å². The number of halogens is 2. The third-order valence-corrected chi connectivity index (χ3v) is 9.28. The molecule has 0 bridgehead atoms. The van der Waals surface area contributed by atoms with E-state index in [0.29, 0.717) is 55.8 Å². The molecule has 1 aromatic heterocycles. The molecule has 3 atom stereocenters. The van der Waals surface area contributed by atoms with E-state index in [-0.39, 0.29) is 18.0 Å². The molecule has 2 N–H and O–H groups in total. The average Bonchev–Trinajstić information content (AvgIpc) is 3.53. The molecule has 5 rings (SSSR count). The second-order valence-electron chi connectivity index (χ2n) is 10.8. The number of methoxy groups -OCH3 is 3. The van der Waals surface area contributed by atoms with Crippen molar-refractivity contribution >= 4 is 46.0 Å². The summed E-state index contributed by atoms with van der Waals surface area (Å²) in [4.78, 5) is 21.7. The minimum absolute atomic E-state index is 0.0111. The Labute approximate surface area is 250 Å². The fraction of sp³-hybridized carbons (Fsp3) is 0.452. The van der Waals surface area contributed by atoms with Crippen LogP contribution in [0, 0.1) is 11.8 Å². The maximum atomic E-state index is 12.3. The van der Waals surface area contributed by atoms with Crippen molar-refractivity contribution in [2.45, 2.75) is 57.0 Å². The predicted octanol–water partition coefficient (Wildman–Crippen LogP) is 7.07. The molecule has 0 spiro atoms. The van der Waals surface area contributed by atoms with Gasteiger partial charge >= 0.3 is 0 Å². The number of hydrogen-bond donors (Lipinski definition) is 2. The molecule has 2 aliphatic carbocycles. The van der Waals surface area contributed by atoms with Crippen molar-refractivity contribution in [2.24, 2.45) is 11.8 Å². The molecule has 3 unspecified atom stereocenters. The molecule has 41 heavy (non-hydrogen) atoms. The number of rotatable bonds is 9. The number of hydrogen-bond acceptors (Lipinski definition) is 7. The van der Waals surface area contributed by atoms with E-state index in [1.807, 2.05) is 12.1 Å². The van der Waals surface area contributed by atoms with Crippen LogP contribution in [0.2, 0.25) is 10.0 Å². The second kappa shape index (κ2) is 12.7. The Kier molecular flexibility index (Phi) is 9.09. The van der Waals surface area contributed by atoms with Gasteiger partial charge in [0.2, 0.25) is 11.9 Å². The number of carbonyl (C=O) groups is 1. The smallest absolute Gasteiger partial charge is 0.243 e. The second-order valence-corrected chi connectivity index (χ2v) is 11.5. The highest BCUT2D eigenvalue weighted by Crippen LogP contribution is 2.49. The lowest BCUT2D eigenvalue weighted by Crippen LogP contribution is -2.50. The van der Waals surface area contributed by atoms with E-state index in [0.717, 1.165) is 30.6 Å². The highest BCUT2D eigenvalue weighted by Gasteiger charge is 2.36. The molecule has 10 heteroatoms. The van der Waals surface area contributed by atoms with Gasteiger partial charge in [-0.25, -0.2) is 9.97 Å². The van der Waals surface area contributed by atoms with Crippen LogP contribution < -0.4 is 24.8 Å². The van der Waals surface area contributed by atoms with Gasteiger partial charge in [-0.2, -0.15) is 0 Å². The maximum Gasteiger partial charge on any atom is 0.243 e. The average molecular weight is 600 g/mol. The van der Waals surface area contributed by atoms with Crippen LogP contribution in [0.25, 0.3) is 22.0 Å². The minimum atomic E-state index is -0.155. The van der Waals surface area contributed by atoms with Crippen molar-refractivity contribution in [1.29, 1.82) is 0 Å². The molecule has 0 aliphatic heterocycles. The molecule has 218 valence electrons. The summed E-state index contributed by atoms with van der Waals surface area (Å²) in [5, 5.41) is 8.14. The highest BCUT2D eigenvalue weighted by atomic mass is 35.5. The topological polar surface area (TPSA) is 94.6 Å². The minimum Gasteiger partial charge on any atom is -0.496 e. The molecule has 1 heterocycles. The molecule has 0 saturated heterocycles. The number of amides is 1. The van der Waals surface area contributed by atoms with Gasteiger partial charge < -0.3 is 24.8 Å². The Morgan fingerprint density at radius 1 is 0.927 bits per heavy atom. The SMILES string of the molecule is C=CC(=O)NC1CC(C2CCCC2)CCC1Nc1ncc2cc(-c3c(Cl)c(OC)cc(OC)c3Cl)c(OC)cc2n1. The molecule has 3 aromatic rings. The Balaban J connectivity index is 1.45. The number of nitrogens with zero attached hydrogens (tertiary/aromatic N) is 2. The van der Waals surface area contributed by atoms with E-state index in [4.69, 9.17) is 42.4 Å². The summed E-state index contributed by atoms with van der Waals surface area (Å²) in [6.45, 7) is 3.64. The lowest BCUT2D eigenvalue weighted by molar-refractivity contribution is -0.117. The molecular formula is C31H36Cl2N4O4. The molecule has 2 saturated carbocycles. The van der Waals surface area contributed by atoms with Crippen LogP contribution in [-0.4, -0.2) is 49.3 Å². The lowest BCUT2D eigenvalue weighted by atomic mass is 9.75. The standard InChI is InChI=1S/C31H36Cl2N4O4/c1-5-27(38)35-23-13-18(17-8-6-7-9-17)10-11-21(23)36-31-34-16-19-12-20(24(39-2)14-22(19)37-31)28-29(32)25(40-3)15-26(41-4)30(28)33/h5,12,14-18,21,23H,1,6-11,13H2,2-4H3,(H,35,38)(H,34,36,37). The van der Waals surface area contributed by atoms with E-state index in [9.17, 15) is 4.79 Å². The van der Waals surface area contributed by atoms with Crippen molar-refractivity contribution in [3.05, 3.63) is 47.1 Å². The first-order valence-corrected chi connectivity index (χ1v) is 14.8. The zero-order chi connectivity index (χ0) is 29.1. The van der Waals surface area contributed by atoms with Gasteiger partial charge in [0.05, 0.1) is 36.9 Å². The zero-order valence-electron chi connectivity index (χ0n) is 23.6. The molecule has 1 amide bonds. The quantitative estimate of drug-likeness (QED) is 0.254. The number of carbonyl (C=O) groups excluding carboxylic acids is 1. The van der Waals surface area contributed by atoms with Gasteiger partial charge in [-0.1, -0.05) is 55.5 Å². The van der Waals surface area contributed by atoms with Crippen LogP contribution in [0.1, 0.15) is 44.9 Å². The maximum absolute atomic E-state index is 12.3. The van der Waals surface area contributed by atoms with E-state index in [1.165, 1.54) is 46.0 Å². The van der Waals surface area contributed by atoms with Crippen molar-refractivity contribution in [3.8, 4) is 28.4 Å². The van der Waals surface area contributed by atoms with Gasteiger partial charge in [0.15, 0.2) is 0 Å². The van der Waals surface area contributed by atoms with E-state index in [2.05, 4.69) is 22.2 Å². The van der Waals surface area contributed by atoms with Crippen LogP contribution in [0.3, 0.4) is 0 Å². The largest absolute Gasteiger partial charge is 0.496 e. The molecule has 2 fully saturated rings. The van der Waals surface area contributed by atoms with Crippen LogP contribution in [0.4, 0.5) is 5.95 Å². The monoisotopic (exact) mass is 598 g/mol. The van der Waals surface area contributed by atoms with Gasteiger partial charge in [-0.3, -0.25) is 4.79 Å². The third kappa shape index (κ3) is 6.04. The summed E-state index contributed by atoms with van der Waals surface area (Å²) in [5.74, 6) is 3.12. The molecule has 8 nitrogen and oxygen atoms in total. The van der Waals surface area contributed by atoms with E-state index in [1.54, 1.807) is 19.4 Å². The number of aromatic nitrogens is 2. The van der Waals surface area contributed by atoms with Crippen molar-refractivity contribution in [3.63, 3.8) is 0 Å². The van der Waals surface area contributed by atoms with E-state index >= 15 is 0 Å². The van der Waals surface area contributed by atoms with Gasteiger partial charge in [0, 0.05) is 46.9 Å². The number of benzene rings is 2. The van der Waals surface area contributed by atoms with E-state index < -0.39 is 0 Å².